The summed E-state index contributed by atoms with van der Waals surface area (Å²) in [4.78, 5) is 117. The lowest BCUT2D eigenvalue weighted by Gasteiger charge is -2.47. The monoisotopic (exact) mass is 1450 g/mol. The summed E-state index contributed by atoms with van der Waals surface area (Å²) in [5.74, 6) is -16.0. The molecule has 0 spiro atoms. The third-order valence-electron chi connectivity index (χ3n) is 17.8. The first-order chi connectivity index (χ1) is 47.7. The fourth-order valence-corrected chi connectivity index (χ4v) is 12.9. The molecule has 542 valence electrons. The second-order valence-corrected chi connectivity index (χ2v) is 26.5. The van der Waals surface area contributed by atoms with Gasteiger partial charge in [-0.3, -0.25) is 33.6 Å². The number of rotatable bonds is 13. The summed E-state index contributed by atoms with van der Waals surface area (Å²) in [7, 11) is 1.47. The van der Waals surface area contributed by atoms with Crippen molar-refractivity contribution in [2.75, 3.05) is 13.7 Å². The predicted octanol–water partition coefficient (Wildman–Crippen LogP) is 0.106. The molecule has 0 radical (unpaired) electrons. The maximum absolute atomic E-state index is 16.0. The lowest BCUT2D eigenvalue weighted by Crippen LogP contribution is -2.64. The number of amides is 7. The number of fused-ring (bicyclic) bond motifs is 15. The van der Waals surface area contributed by atoms with Crippen LogP contribution in [0.4, 0.5) is 0 Å². The molecule has 7 aliphatic rings. The van der Waals surface area contributed by atoms with Gasteiger partial charge in [0.15, 0.2) is 29.9 Å². The normalized spacial score (nSPS) is 29.4. The number of carboxylic acids is 1. The van der Waals surface area contributed by atoms with Crippen LogP contribution in [0.5, 0.6) is 46.0 Å². The quantitative estimate of drug-likeness (QED) is 0.0743. The molecule has 21 N–H and O–H groups in total. The molecule has 2 saturated heterocycles. The van der Waals surface area contributed by atoms with Gasteiger partial charge in [-0.2, -0.15) is 0 Å². The number of benzene rings is 5. The fourth-order valence-electron chi connectivity index (χ4n) is 12.5. The number of phenols is 3. The Morgan fingerprint density at radius 1 is 0.713 bits per heavy atom. The molecule has 0 aromatic heterocycles. The lowest BCUT2D eigenvalue weighted by molar-refractivity contribution is -0.333. The van der Waals surface area contributed by atoms with Crippen LogP contribution in [0.2, 0.25) is 10.0 Å². The summed E-state index contributed by atoms with van der Waals surface area (Å²) in [6, 6.07) is -0.679. The van der Waals surface area contributed by atoms with E-state index >= 15 is 14.4 Å². The van der Waals surface area contributed by atoms with E-state index in [4.69, 9.17) is 63.1 Å². The summed E-state index contributed by atoms with van der Waals surface area (Å²) < 4.78 is 38.3. The van der Waals surface area contributed by atoms with E-state index in [0.717, 1.165) is 66.7 Å². The smallest absolute Gasteiger partial charge is 0.330 e. The Bertz CT molecular complexity index is 4070. The van der Waals surface area contributed by atoms with E-state index in [1.807, 2.05) is 13.8 Å². The maximum Gasteiger partial charge on any atom is 0.330 e. The first-order valence-corrected chi connectivity index (χ1v) is 32.4. The van der Waals surface area contributed by atoms with Gasteiger partial charge < -0.3 is 128 Å². The van der Waals surface area contributed by atoms with E-state index in [2.05, 4.69) is 37.2 Å². The second-order valence-electron chi connectivity index (χ2n) is 25.7. The molecule has 35 heteroatoms. The third kappa shape index (κ3) is 15.8. The number of likely N-dealkylation sites (N-methyl/N-ethyl adjacent to an activating group) is 1. The van der Waals surface area contributed by atoms with Crippen LogP contribution in [0.15, 0.2) is 78.9 Å². The average molecular weight is 1450 g/mol. The fraction of sp³-hybridized carbons (Fsp3) is 0.424. The van der Waals surface area contributed by atoms with E-state index in [0.29, 0.717) is 0 Å². The van der Waals surface area contributed by atoms with Crippen molar-refractivity contribution in [1.29, 1.82) is 0 Å². The van der Waals surface area contributed by atoms with Gasteiger partial charge >= 0.3 is 5.97 Å². The number of halogens is 2. The number of aliphatic carboxylic acids is 1. The van der Waals surface area contributed by atoms with Crippen LogP contribution in [-0.2, 0) is 52.6 Å². The Kier molecular flexibility index (Phi) is 22.2. The van der Waals surface area contributed by atoms with Crippen molar-refractivity contribution in [3.05, 3.63) is 117 Å². The molecule has 2 fully saturated rings. The van der Waals surface area contributed by atoms with E-state index in [1.165, 1.54) is 33.0 Å². The van der Waals surface area contributed by atoms with Crippen molar-refractivity contribution < 1.29 is 118 Å². The minimum absolute atomic E-state index is 0.0975. The topological polar surface area (TPSA) is 530 Å². The number of aromatic hydroxyl groups is 3. The molecule has 5 aromatic carbocycles. The average Bonchev–Trinajstić information content (AvgIpc) is 0.775. The number of carbonyl (C=O) groups excluding carboxylic acids is 7. The molecular formula is C66H75Cl2N9O24. The maximum atomic E-state index is 16.0. The predicted molar refractivity (Wildman–Crippen MR) is 349 cm³/mol. The Morgan fingerprint density at radius 2 is 1.32 bits per heavy atom. The van der Waals surface area contributed by atoms with E-state index in [1.54, 1.807) is 0 Å². The number of carbonyl (C=O) groups is 8. The Hall–Kier alpha value is -9.20. The summed E-state index contributed by atoms with van der Waals surface area (Å²) in [6.07, 6.45) is -18.6. The van der Waals surface area contributed by atoms with Crippen molar-refractivity contribution in [3.63, 3.8) is 0 Å². The molecule has 5 aromatic rings. The van der Waals surface area contributed by atoms with Gasteiger partial charge in [-0.15, -0.1) is 0 Å². The summed E-state index contributed by atoms with van der Waals surface area (Å²) >= 11 is 14.1. The number of nitrogens with one attached hydrogen (secondary N) is 7. The van der Waals surface area contributed by atoms with Crippen LogP contribution in [0.1, 0.15) is 105 Å². The number of aliphatic hydroxyl groups is 6. The molecule has 7 amide bonds. The largest absolute Gasteiger partial charge is 0.508 e. The number of hydrogen-bond acceptors (Lipinski definition) is 25. The molecular weight excluding hydrogens is 1370 g/mol. The molecule has 7 aliphatic heterocycles. The highest BCUT2D eigenvalue weighted by molar-refractivity contribution is 6.32. The van der Waals surface area contributed by atoms with Crippen molar-refractivity contribution in [1.82, 2.24) is 37.2 Å². The number of hydrogen-bond donors (Lipinski definition) is 19. The van der Waals surface area contributed by atoms with Gasteiger partial charge in [0, 0.05) is 34.7 Å². The summed E-state index contributed by atoms with van der Waals surface area (Å²) in [6.45, 7) is 5.66. The molecule has 12 rings (SSSR count). The van der Waals surface area contributed by atoms with Gasteiger partial charge in [0.25, 0.3) is 0 Å². The Labute approximate surface area is 584 Å². The number of aliphatic hydroxyl groups excluding tert-OH is 6. The molecule has 18 atom stereocenters. The van der Waals surface area contributed by atoms with E-state index in [9.17, 15) is 75.0 Å². The summed E-state index contributed by atoms with van der Waals surface area (Å²) in [5, 5.41) is 131. The van der Waals surface area contributed by atoms with Crippen LogP contribution in [0.25, 0.3) is 11.1 Å². The molecule has 0 aliphatic carbocycles. The van der Waals surface area contributed by atoms with Crippen molar-refractivity contribution in [3.8, 4) is 57.1 Å². The van der Waals surface area contributed by atoms with Crippen LogP contribution < -0.4 is 62.9 Å². The summed E-state index contributed by atoms with van der Waals surface area (Å²) in [5.41, 5.74) is 8.00. The molecule has 7 heterocycles. The number of carboxylic acid groups (broad SMARTS) is 1. The molecule has 11 bridgehead atoms. The minimum atomic E-state index is -2.35. The van der Waals surface area contributed by atoms with Crippen LogP contribution in [-0.4, -0.2) is 191 Å². The molecule has 0 saturated carbocycles. The van der Waals surface area contributed by atoms with Gasteiger partial charge in [0.2, 0.25) is 53.4 Å². The molecule has 33 nitrogen and oxygen atoms in total. The highest BCUT2D eigenvalue weighted by atomic mass is 35.5. The van der Waals surface area contributed by atoms with E-state index in [-0.39, 0.29) is 46.2 Å². The zero-order valence-corrected chi connectivity index (χ0v) is 55.8. The SMILES string of the molecule is CN[C@H](CC(C)C)C(=O)N[C@H]1C(=O)N[C@@H](CC(N)=O)C(=O)N[C@H]2C(=O)N[C@H]3C(=O)N[C@H](C(=O)NC(C(=O)O)c4cc(O)cc(O)c4-c4cc3ccc4O)[C@H](O)c3ccc(c(Cl)c3)Oc3cc2cc(c3OC2OC(CO)[C@H](O)C(O)C2OC2CC(C)(N)C(O)[C@H](C)O2)Oc2ccc(cc2Cl)[C@H]1O. The third-order valence-corrected chi connectivity index (χ3v) is 18.4. The van der Waals surface area contributed by atoms with Gasteiger partial charge in [-0.1, -0.05) is 55.2 Å². The molecule has 101 heavy (non-hydrogen) atoms. The highest BCUT2D eigenvalue weighted by Crippen LogP contribution is 2.50. The van der Waals surface area contributed by atoms with Gasteiger partial charge in [-0.05, 0) is 110 Å². The zero-order chi connectivity index (χ0) is 73.5. The van der Waals surface area contributed by atoms with Crippen LogP contribution >= 0.6 is 23.2 Å². The van der Waals surface area contributed by atoms with Crippen LogP contribution in [0, 0.1) is 5.92 Å². The first-order valence-electron chi connectivity index (χ1n) is 31.6. The lowest BCUT2D eigenvalue weighted by atomic mass is 9.86. The first kappa shape index (κ1) is 74.5. The van der Waals surface area contributed by atoms with Gasteiger partial charge in [-0.25, -0.2) is 4.79 Å². The van der Waals surface area contributed by atoms with Gasteiger partial charge in [0.1, 0.15) is 89.5 Å². The van der Waals surface area contributed by atoms with E-state index < -0.39 is 237 Å². The zero-order valence-electron chi connectivity index (χ0n) is 54.3. The Morgan fingerprint density at radius 3 is 1.90 bits per heavy atom. The van der Waals surface area contributed by atoms with Crippen molar-refractivity contribution >= 4 is 70.5 Å². The number of phenolic OH excluding ortho intramolecular Hbond substituents is 3. The second kappa shape index (κ2) is 30.2. The number of nitrogens with two attached hydrogens (primary N) is 2. The standard InChI is InChI=1S/C66H75Cl2N9O24/c1-23(2)12-34(71-5)58(88)76-49-51(83)26-7-10-38(32(67)14-26)97-40-16-28-17-41(55(40)101-65-56(54(86)53(85)42(22-78)99-65)100-44-21-66(4,70)57(87)24(3)96-44)98-39-11-8-27(15-33(39)68)52(84)50-63(93)75-48(64(94)95)31-18-29(79)19-37(81)45(31)30-13-25(6-9-36(30)80)46(60(90)77-50)74-61(91)47(28)73-59(89)35(20-43(69)82)72-62(49)92/h6-11,13-19,23-24,34-35,42,44,46-54,56-57,65,71,78-81,83-87H,12,20-22,70H2,1-5H3,(H2,69,82)(H,72,92)(H,73,89)(H,74,91)(H,75,93)(H,76,88)(H,77,90)(H,94,95)/t24-,34+,35-,42?,44?,46+,47+,48?,49+,50-,51+,52+,53-,54?,56?,57?,65?,66?/m0/s1. The molecule has 8 unspecified atom stereocenters. The van der Waals surface area contributed by atoms with Crippen molar-refractivity contribution in [2.45, 2.75) is 156 Å². The van der Waals surface area contributed by atoms with Gasteiger partial charge in [0.05, 0.1) is 41.3 Å². The highest BCUT2D eigenvalue weighted by Gasteiger charge is 2.51. The minimum Gasteiger partial charge on any atom is -0.508 e. The van der Waals surface area contributed by atoms with Crippen molar-refractivity contribution in [2.24, 2.45) is 17.4 Å². The number of primary amides is 1. The van der Waals surface area contributed by atoms with Crippen LogP contribution in [0.3, 0.4) is 0 Å². The number of ether oxygens (including phenoxy) is 6. The Balaban J connectivity index is 1.24.